The van der Waals surface area contributed by atoms with E-state index in [2.05, 4.69) is 41.8 Å². The number of nitrogens with zero attached hydrogens (tertiary/aromatic N) is 3. The van der Waals surface area contributed by atoms with Gasteiger partial charge in [0.15, 0.2) is 5.75 Å². The van der Waals surface area contributed by atoms with Gasteiger partial charge in [0.1, 0.15) is 11.6 Å². The molecule has 0 aliphatic carbocycles. The Kier molecular flexibility index (Phi) is 4.73. The maximum atomic E-state index is 10.8. The van der Waals surface area contributed by atoms with Crippen LogP contribution in [0.25, 0.3) is 0 Å². The fourth-order valence-corrected chi connectivity index (χ4v) is 2.88. The molecule has 0 radical (unpaired) electrons. The fourth-order valence-electron chi connectivity index (χ4n) is 1.56. The van der Waals surface area contributed by atoms with Gasteiger partial charge in [0.05, 0.1) is 13.9 Å². The monoisotopic (exact) mass is 416 g/mol. The van der Waals surface area contributed by atoms with Crippen molar-refractivity contribution in [2.45, 2.75) is 13.3 Å². The van der Waals surface area contributed by atoms with E-state index in [4.69, 9.17) is 10.5 Å². The molecule has 1 heterocycles. The number of halogens is 2. The number of nitrogens with two attached hydrogens (primary N) is 1. The Morgan fingerprint density at radius 1 is 1.29 bits per heavy atom. The van der Waals surface area contributed by atoms with Crippen LogP contribution in [-0.2, 0) is 6.42 Å². The van der Waals surface area contributed by atoms with Crippen LogP contribution in [0.15, 0.2) is 27.1 Å². The van der Waals surface area contributed by atoms with Crippen LogP contribution in [0.1, 0.15) is 12.7 Å². The second kappa shape index (κ2) is 6.35. The molecule has 0 amide bonds. The van der Waals surface area contributed by atoms with E-state index in [0.29, 0.717) is 32.8 Å². The van der Waals surface area contributed by atoms with E-state index in [0.717, 1.165) is 0 Å². The number of rotatable bonds is 4. The molecular formula is C12H10Br2N4O3. The summed E-state index contributed by atoms with van der Waals surface area (Å²) in [4.78, 5) is 18.5. The molecule has 1 aromatic carbocycles. The zero-order valence-corrected chi connectivity index (χ0v) is 14.0. The Morgan fingerprint density at radius 3 is 2.43 bits per heavy atom. The maximum absolute atomic E-state index is 10.8. The number of non-ortho nitro benzene ring substituents is 1. The molecule has 0 saturated heterocycles. The molecule has 2 aromatic rings. The van der Waals surface area contributed by atoms with Crippen molar-refractivity contribution >= 4 is 43.4 Å². The van der Waals surface area contributed by atoms with Crippen LogP contribution < -0.4 is 10.5 Å². The molecule has 0 bridgehead atoms. The SMILES string of the molecule is CCc1nc(N)cc(Oc2c(Br)cc([N+](=O)[O-])cc2Br)n1. The third-order valence-corrected chi connectivity index (χ3v) is 3.66. The van der Waals surface area contributed by atoms with E-state index in [9.17, 15) is 10.1 Å². The lowest BCUT2D eigenvalue weighted by atomic mass is 10.3. The summed E-state index contributed by atoms with van der Waals surface area (Å²) < 4.78 is 6.51. The zero-order valence-electron chi connectivity index (χ0n) is 10.8. The summed E-state index contributed by atoms with van der Waals surface area (Å²) in [5, 5.41) is 10.8. The molecule has 0 aliphatic heterocycles. The van der Waals surface area contributed by atoms with Gasteiger partial charge < -0.3 is 10.5 Å². The van der Waals surface area contributed by atoms with Crippen LogP contribution in [0.2, 0.25) is 0 Å². The van der Waals surface area contributed by atoms with Crippen molar-refractivity contribution in [1.29, 1.82) is 0 Å². The van der Waals surface area contributed by atoms with Crippen LogP contribution in [0.3, 0.4) is 0 Å². The van der Waals surface area contributed by atoms with Crippen LogP contribution in [0.5, 0.6) is 11.6 Å². The van der Waals surface area contributed by atoms with Gasteiger partial charge in [-0.25, -0.2) is 4.98 Å². The van der Waals surface area contributed by atoms with Gasteiger partial charge in [0, 0.05) is 24.6 Å². The zero-order chi connectivity index (χ0) is 15.6. The van der Waals surface area contributed by atoms with E-state index in [1.54, 1.807) is 0 Å². The van der Waals surface area contributed by atoms with Crippen molar-refractivity contribution < 1.29 is 9.66 Å². The number of aryl methyl sites for hydroxylation is 1. The van der Waals surface area contributed by atoms with Crippen molar-refractivity contribution in [3.8, 4) is 11.6 Å². The largest absolute Gasteiger partial charge is 0.436 e. The minimum atomic E-state index is -0.489. The summed E-state index contributed by atoms with van der Waals surface area (Å²) in [6.45, 7) is 1.90. The Labute approximate surface area is 136 Å². The third-order valence-electron chi connectivity index (χ3n) is 2.49. The highest BCUT2D eigenvalue weighted by molar-refractivity contribution is 9.11. The summed E-state index contributed by atoms with van der Waals surface area (Å²) in [5.74, 6) is 1.50. The first-order valence-electron chi connectivity index (χ1n) is 5.85. The minimum Gasteiger partial charge on any atom is -0.436 e. The Balaban J connectivity index is 2.40. The van der Waals surface area contributed by atoms with Crippen LogP contribution >= 0.6 is 31.9 Å². The highest BCUT2D eigenvalue weighted by atomic mass is 79.9. The first kappa shape index (κ1) is 15.6. The standard InChI is InChI=1S/C12H10Br2N4O3/c1-2-10-16-9(15)5-11(17-10)21-12-7(13)3-6(18(19)20)4-8(12)14/h3-5H,2H2,1H3,(H2,15,16,17). The molecule has 0 atom stereocenters. The number of nitro groups is 1. The Bertz CT molecular complexity index is 686. The summed E-state index contributed by atoms with van der Waals surface area (Å²) in [7, 11) is 0. The van der Waals surface area contributed by atoms with Gasteiger partial charge in [-0.05, 0) is 31.9 Å². The molecule has 7 nitrogen and oxygen atoms in total. The normalized spacial score (nSPS) is 10.4. The van der Waals surface area contributed by atoms with Gasteiger partial charge in [-0.2, -0.15) is 4.98 Å². The van der Waals surface area contributed by atoms with Crippen molar-refractivity contribution in [1.82, 2.24) is 9.97 Å². The number of ether oxygens (including phenoxy) is 1. The summed E-state index contributed by atoms with van der Waals surface area (Å²) in [6, 6.07) is 4.19. The lowest BCUT2D eigenvalue weighted by molar-refractivity contribution is -0.385. The van der Waals surface area contributed by atoms with Crippen LogP contribution in [-0.4, -0.2) is 14.9 Å². The van der Waals surface area contributed by atoms with Crippen molar-refractivity contribution in [3.63, 3.8) is 0 Å². The predicted octanol–water partition coefficient (Wildman–Crippen LogP) is 3.85. The van der Waals surface area contributed by atoms with Gasteiger partial charge in [-0.3, -0.25) is 10.1 Å². The third kappa shape index (κ3) is 3.67. The molecular weight excluding hydrogens is 408 g/mol. The van der Waals surface area contributed by atoms with Gasteiger partial charge in [0.2, 0.25) is 5.88 Å². The molecule has 1 aromatic heterocycles. The Morgan fingerprint density at radius 2 is 1.90 bits per heavy atom. The van der Waals surface area contributed by atoms with Crippen LogP contribution in [0.4, 0.5) is 11.5 Å². The molecule has 110 valence electrons. The molecule has 0 spiro atoms. The van der Waals surface area contributed by atoms with Crippen molar-refractivity contribution in [2.75, 3.05) is 5.73 Å². The average Bonchev–Trinajstić information content (AvgIpc) is 2.41. The topological polar surface area (TPSA) is 104 Å². The second-order valence-corrected chi connectivity index (χ2v) is 5.71. The smallest absolute Gasteiger partial charge is 0.271 e. The summed E-state index contributed by atoms with van der Waals surface area (Å²) in [5.41, 5.74) is 5.63. The first-order chi connectivity index (χ1) is 9.90. The predicted molar refractivity (Wildman–Crippen MR) is 84.4 cm³/mol. The lowest BCUT2D eigenvalue weighted by Crippen LogP contribution is -2.01. The molecule has 9 heteroatoms. The molecule has 21 heavy (non-hydrogen) atoms. The average molecular weight is 418 g/mol. The lowest BCUT2D eigenvalue weighted by Gasteiger charge is -2.10. The number of hydrogen-bond donors (Lipinski definition) is 1. The molecule has 0 aliphatic rings. The van der Waals surface area contributed by atoms with Gasteiger partial charge in [0.25, 0.3) is 5.69 Å². The van der Waals surface area contributed by atoms with Crippen molar-refractivity contribution in [3.05, 3.63) is 43.1 Å². The Hall–Kier alpha value is -1.74. The van der Waals surface area contributed by atoms with E-state index < -0.39 is 4.92 Å². The number of hydrogen-bond acceptors (Lipinski definition) is 6. The first-order valence-corrected chi connectivity index (χ1v) is 7.44. The molecule has 0 unspecified atom stereocenters. The molecule has 0 fully saturated rings. The number of anilines is 1. The fraction of sp³-hybridized carbons (Fsp3) is 0.167. The molecule has 0 saturated carbocycles. The highest BCUT2D eigenvalue weighted by Crippen LogP contribution is 2.39. The summed E-state index contributed by atoms with van der Waals surface area (Å²) >= 11 is 6.49. The number of aromatic nitrogens is 2. The van der Waals surface area contributed by atoms with Crippen LogP contribution in [0, 0.1) is 10.1 Å². The molecule has 2 rings (SSSR count). The number of benzene rings is 1. The van der Waals surface area contributed by atoms with E-state index >= 15 is 0 Å². The van der Waals surface area contributed by atoms with E-state index in [1.165, 1.54) is 18.2 Å². The van der Waals surface area contributed by atoms with Gasteiger partial charge in [-0.1, -0.05) is 6.92 Å². The molecule has 2 N–H and O–H groups in total. The minimum absolute atomic E-state index is 0.0578. The van der Waals surface area contributed by atoms with E-state index in [-0.39, 0.29) is 11.6 Å². The number of nitrogen functional groups attached to an aromatic ring is 1. The summed E-state index contributed by atoms with van der Waals surface area (Å²) in [6.07, 6.45) is 0.615. The maximum Gasteiger partial charge on any atom is 0.271 e. The number of nitro benzene ring substituents is 1. The van der Waals surface area contributed by atoms with Gasteiger partial charge in [-0.15, -0.1) is 0 Å². The quantitative estimate of drug-likeness (QED) is 0.598. The van der Waals surface area contributed by atoms with E-state index in [1.807, 2.05) is 6.92 Å². The van der Waals surface area contributed by atoms with Crippen molar-refractivity contribution in [2.24, 2.45) is 0 Å². The highest BCUT2D eigenvalue weighted by Gasteiger charge is 2.16. The second-order valence-electron chi connectivity index (χ2n) is 4.00. The van der Waals surface area contributed by atoms with Gasteiger partial charge >= 0.3 is 0 Å².